The minimum absolute atomic E-state index is 0.105. The first-order valence-electron chi connectivity index (χ1n) is 5.52. The highest BCUT2D eigenvalue weighted by atomic mass is 35.5. The predicted molar refractivity (Wildman–Crippen MR) is 76.9 cm³/mol. The van der Waals surface area contributed by atoms with Crippen molar-refractivity contribution < 1.29 is 9.90 Å². The fourth-order valence-electron chi connectivity index (χ4n) is 1.57. The molecule has 8 heteroatoms. The van der Waals surface area contributed by atoms with Crippen LogP contribution in [0, 0.1) is 0 Å². The number of hydrogen-bond donors (Lipinski definition) is 2. The summed E-state index contributed by atoms with van der Waals surface area (Å²) >= 11 is 7.34. The van der Waals surface area contributed by atoms with Crippen molar-refractivity contribution >= 4 is 50.1 Å². The van der Waals surface area contributed by atoms with Gasteiger partial charge in [0.05, 0.1) is 10.2 Å². The van der Waals surface area contributed by atoms with Crippen molar-refractivity contribution in [2.45, 2.75) is 0 Å². The molecule has 0 fully saturated rings. The topological polar surface area (TPSA) is 88.0 Å². The van der Waals surface area contributed by atoms with E-state index in [1.807, 2.05) is 12.1 Å². The van der Waals surface area contributed by atoms with E-state index >= 15 is 0 Å². The summed E-state index contributed by atoms with van der Waals surface area (Å²) in [5, 5.41) is 20.4. The number of benzene rings is 1. The molecule has 20 heavy (non-hydrogen) atoms. The molecule has 100 valence electrons. The van der Waals surface area contributed by atoms with Crippen molar-refractivity contribution in [3.05, 3.63) is 41.0 Å². The van der Waals surface area contributed by atoms with Gasteiger partial charge in [-0.15, -0.1) is 10.2 Å². The lowest BCUT2D eigenvalue weighted by Gasteiger charge is -1.99. The monoisotopic (exact) mass is 306 g/mol. The molecular weight excluding hydrogens is 300 g/mol. The van der Waals surface area contributed by atoms with Gasteiger partial charge < -0.3 is 10.4 Å². The Bertz CT molecular complexity index is 788. The number of carboxylic acids is 1. The Labute approximate surface area is 122 Å². The van der Waals surface area contributed by atoms with E-state index in [2.05, 4.69) is 20.5 Å². The SMILES string of the molecule is O=C(O)c1ccc(Nc2nc3ccc(Cl)cc3s2)nn1. The van der Waals surface area contributed by atoms with E-state index < -0.39 is 5.97 Å². The minimum Gasteiger partial charge on any atom is -0.476 e. The van der Waals surface area contributed by atoms with Crippen LogP contribution in [0.4, 0.5) is 10.9 Å². The lowest BCUT2D eigenvalue weighted by molar-refractivity contribution is 0.0689. The zero-order chi connectivity index (χ0) is 14.1. The van der Waals surface area contributed by atoms with Crippen LogP contribution in [0.3, 0.4) is 0 Å². The Morgan fingerprint density at radius 1 is 1.25 bits per heavy atom. The highest BCUT2D eigenvalue weighted by molar-refractivity contribution is 7.22. The van der Waals surface area contributed by atoms with Crippen molar-refractivity contribution in [2.24, 2.45) is 0 Å². The molecule has 2 aromatic heterocycles. The van der Waals surface area contributed by atoms with Crippen LogP contribution >= 0.6 is 22.9 Å². The van der Waals surface area contributed by atoms with Gasteiger partial charge in [0.25, 0.3) is 0 Å². The number of aromatic nitrogens is 3. The van der Waals surface area contributed by atoms with Gasteiger partial charge in [0.2, 0.25) is 0 Å². The number of carboxylic acid groups (broad SMARTS) is 1. The van der Waals surface area contributed by atoms with Gasteiger partial charge in [-0.05, 0) is 30.3 Å². The van der Waals surface area contributed by atoms with Crippen molar-refractivity contribution in [2.75, 3.05) is 5.32 Å². The molecule has 3 aromatic rings. The summed E-state index contributed by atoms with van der Waals surface area (Å²) in [5.74, 6) is -0.682. The molecule has 3 rings (SSSR count). The average molecular weight is 307 g/mol. The largest absolute Gasteiger partial charge is 0.476 e. The molecule has 0 amide bonds. The molecule has 6 nitrogen and oxygen atoms in total. The third-order valence-corrected chi connectivity index (χ3v) is 3.64. The number of halogens is 1. The number of anilines is 2. The van der Waals surface area contributed by atoms with Crippen LogP contribution in [-0.2, 0) is 0 Å². The van der Waals surface area contributed by atoms with E-state index in [0.29, 0.717) is 16.0 Å². The lowest BCUT2D eigenvalue weighted by Crippen LogP contribution is -2.03. The molecule has 0 saturated carbocycles. The van der Waals surface area contributed by atoms with E-state index in [4.69, 9.17) is 16.7 Å². The number of hydrogen-bond acceptors (Lipinski definition) is 6. The van der Waals surface area contributed by atoms with Crippen LogP contribution in [0.15, 0.2) is 30.3 Å². The fraction of sp³-hybridized carbons (Fsp3) is 0. The average Bonchev–Trinajstić information content (AvgIpc) is 2.80. The Morgan fingerprint density at radius 3 is 2.80 bits per heavy atom. The van der Waals surface area contributed by atoms with Gasteiger partial charge in [-0.3, -0.25) is 0 Å². The molecule has 2 N–H and O–H groups in total. The van der Waals surface area contributed by atoms with Crippen LogP contribution in [-0.4, -0.2) is 26.3 Å². The molecule has 0 aliphatic rings. The van der Waals surface area contributed by atoms with Crippen LogP contribution in [0.25, 0.3) is 10.2 Å². The summed E-state index contributed by atoms with van der Waals surface area (Å²) in [6, 6.07) is 8.35. The molecule has 0 saturated heterocycles. The first kappa shape index (κ1) is 12.8. The zero-order valence-corrected chi connectivity index (χ0v) is 11.4. The molecule has 2 heterocycles. The lowest BCUT2D eigenvalue weighted by atomic mass is 10.3. The van der Waals surface area contributed by atoms with Crippen molar-refractivity contribution in [3.8, 4) is 0 Å². The summed E-state index contributed by atoms with van der Waals surface area (Å²) in [4.78, 5) is 15.0. The molecule has 0 aliphatic carbocycles. The number of aromatic carboxylic acids is 1. The van der Waals surface area contributed by atoms with Crippen LogP contribution in [0.1, 0.15) is 10.5 Å². The molecule has 0 aliphatic heterocycles. The number of fused-ring (bicyclic) bond motifs is 1. The molecule has 1 aromatic carbocycles. The zero-order valence-electron chi connectivity index (χ0n) is 9.87. The third kappa shape index (κ3) is 2.54. The standard InChI is InChI=1S/C12H7ClN4O2S/c13-6-1-2-7-9(5-6)20-12(14-7)15-10-4-3-8(11(18)19)16-17-10/h1-5H,(H,18,19)(H,14,15,17). The van der Waals surface area contributed by atoms with Crippen molar-refractivity contribution in [1.29, 1.82) is 0 Å². The number of nitrogens with zero attached hydrogens (tertiary/aromatic N) is 3. The Balaban J connectivity index is 1.87. The summed E-state index contributed by atoms with van der Waals surface area (Å²) < 4.78 is 0.954. The quantitative estimate of drug-likeness (QED) is 0.772. The second-order valence-corrected chi connectivity index (χ2v) is 5.33. The van der Waals surface area contributed by atoms with Crippen molar-refractivity contribution in [3.63, 3.8) is 0 Å². The van der Waals surface area contributed by atoms with Crippen molar-refractivity contribution in [1.82, 2.24) is 15.2 Å². The molecule has 0 bridgehead atoms. The maximum Gasteiger partial charge on any atom is 0.356 e. The second kappa shape index (κ2) is 5.03. The molecule has 0 atom stereocenters. The first-order chi connectivity index (χ1) is 9.61. The molecule has 0 radical (unpaired) electrons. The summed E-state index contributed by atoms with van der Waals surface area (Å²) in [7, 11) is 0. The maximum absolute atomic E-state index is 10.7. The van der Waals surface area contributed by atoms with E-state index in [1.165, 1.54) is 23.5 Å². The second-order valence-electron chi connectivity index (χ2n) is 3.87. The smallest absolute Gasteiger partial charge is 0.356 e. The maximum atomic E-state index is 10.7. The summed E-state index contributed by atoms with van der Waals surface area (Å²) in [6.07, 6.45) is 0. The minimum atomic E-state index is -1.11. The van der Waals surface area contributed by atoms with E-state index in [9.17, 15) is 4.79 Å². The third-order valence-electron chi connectivity index (χ3n) is 2.47. The Morgan fingerprint density at radius 2 is 2.10 bits per heavy atom. The van der Waals surface area contributed by atoms with Crippen LogP contribution < -0.4 is 5.32 Å². The van der Waals surface area contributed by atoms with Gasteiger partial charge in [0, 0.05) is 5.02 Å². The van der Waals surface area contributed by atoms with E-state index in [1.54, 1.807) is 6.07 Å². The predicted octanol–water partition coefficient (Wildman–Crippen LogP) is 3.18. The summed E-state index contributed by atoms with van der Waals surface area (Å²) in [5.41, 5.74) is 0.726. The number of thiazole rings is 1. The van der Waals surface area contributed by atoms with Gasteiger partial charge in [-0.2, -0.15) is 0 Å². The van der Waals surface area contributed by atoms with Gasteiger partial charge in [-0.25, -0.2) is 9.78 Å². The highest BCUT2D eigenvalue weighted by Crippen LogP contribution is 2.29. The van der Waals surface area contributed by atoms with Crippen LogP contribution in [0.5, 0.6) is 0 Å². The number of nitrogens with one attached hydrogen (secondary N) is 1. The number of carbonyl (C=O) groups is 1. The van der Waals surface area contributed by atoms with Gasteiger partial charge >= 0.3 is 5.97 Å². The Hall–Kier alpha value is -2.25. The Kier molecular flexibility index (Phi) is 3.21. The summed E-state index contributed by atoms with van der Waals surface area (Å²) in [6.45, 7) is 0. The van der Waals surface area contributed by atoms with Gasteiger partial charge in [-0.1, -0.05) is 22.9 Å². The van der Waals surface area contributed by atoms with Gasteiger partial charge in [0.15, 0.2) is 16.6 Å². The van der Waals surface area contributed by atoms with Crippen LogP contribution in [0.2, 0.25) is 5.02 Å². The molecule has 0 spiro atoms. The highest BCUT2D eigenvalue weighted by Gasteiger charge is 2.08. The van der Waals surface area contributed by atoms with E-state index in [0.717, 1.165) is 10.2 Å². The van der Waals surface area contributed by atoms with Gasteiger partial charge in [0.1, 0.15) is 0 Å². The first-order valence-corrected chi connectivity index (χ1v) is 6.71. The molecule has 0 unspecified atom stereocenters. The molecular formula is C12H7ClN4O2S. The van der Waals surface area contributed by atoms with E-state index in [-0.39, 0.29) is 5.69 Å². The normalized spacial score (nSPS) is 10.7. The fourth-order valence-corrected chi connectivity index (χ4v) is 2.72. The number of rotatable bonds is 3.